The van der Waals surface area contributed by atoms with Crippen molar-refractivity contribution in [2.24, 2.45) is 9.98 Å². The molecule has 4 aromatic carbocycles. The van der Waals surface area contributed by atoms with Crippen molar-refractivity contribution in [3.05, 3.63) is 131 Å². The number of aromatic nitrogens is 2. The molecule has 1 aromatic heterocycles. The maximum atomic E-state index is 6.48. The van der Waals surface area contributed by atoms with E-state index in [1.165, 1.54) is 0 Å². The topological polar surface area (TPSA) is 57.8 Å². The molecule has 0 fully saturated rings. The Morgan fingerprint density at radius 3 is 2.28 bits per heavy atom. The summed E-state index contributed by atoms with van der Waals surface area (Å²) in [4.78, 5) is 12.6. The molecule has 3 heterocycles. The molecular formula is C32H25ClN6. The molecule has 1 unspecified atom stereocenters. The fourth-order valence-corrected chi connectivity index (χ4v) is 5.49. The second-order valence-electron chi connectivity index (χ2n) is 9.73. The van der Waals surface area contributed by atoms with Gasteiger partial charge in [-0.3, -0.25) is 0 Å². The third kappa shape index (κ3) is 3.92. The van der Waals surface area contributed by atoms with E-state index in [4.69, 9.17) is 26.7 Å². The molecule has 7 rings (SSSR count). The minimum Gasteiger partial charge on any atom is -0.337 e. The maximum Gasteiger partial charge on any atom is 0.179 e. The van der Waals surface area contributed by atoms with Crippen molar-refractivity contribution in [3.63, 3.8) is 0 Å². The third-order valence-electron chi connectivity index (χ3n) is 7.19. The monoisotopic (exact) mass is 528 g/mol. The lowest BCUT2D eigenvalue weighted by Crippen LogP contribution is -2.46. The van der Waals surface area contributed by atoms with Gasteiger partial charge in [-0.05, 0) is 61.4 Å². The van der Waals surface area contributed by atoms with E-state index >= 15 is 0 Å². The van der Waals surface area contributed by atoms with Crippen molar-refractivity contribution in [1.82, 2.24) is 9.78 Å². The van der Waals surface area contributed by atoms with Gasteiger partial charge in [-0.15, -0.1) is 0 Å². The molecule has 7 heteroatoms. The molecule has 0 radical (unpaired) electrons. The summed E-state index contributed by atoms with van der Waals surface area (Å²) < 4.78 is 1.94. The van der Waals surface area contributed by atoms with Crippen LogP contribution in [0.4, 0.5) is 22.9 Å². The first-order valence-electron chi connectivity index (χ1n) is 12.9. The Morgan fingerprint density at radius 2 is 1.51 bits per heavy atom. The van der Waals surface area contributed by atoms with Crippen LogP contribution in [0, 0.1) is 13.8 Å². The molecule has 190 valence electrons. The zero-order valence-electron chi connectivity index (χ0n) is 21.5. The molecule has 2 aliphatic heterocycles. The van der Waals surface area contributed by atoms with Crippen LogP contribution in [0.1, 0.15) is 28.4 Å². The number of aryl methyl sites for hydroxylation is 2. The van der Waals surface area contributed by atoms with Crippen LogP contribution in [0.5, 0.6) is 0 Å². The number of para-hydroxylation sites is 3. The number of fused-ring (bicyclic) bond motifs is 4. The quantitative estimate of drug-likeness (QED) is 0.258. The Kier molecular flexibility index (Phi) is 5.56. The van der Waals surface area contributed by atoms with E-state index in [0.717, 1.165) is 56.8 Å². The molecule has 0 spiro atoms. The van der Waals surface area contributed by atoms with Gasteiger partial charge < -0.3 is 10.2 Å². The minimum absolute atomic E-state index is 0.152. The van der Waals surface area contributed by atoms with Crippen molar-refractivity contribution in [3.8, 4) is 5.69 Å². The van der Waals surface area contributed by atoms with E-state index in [9.17, 15) is 0 Å². The van der Waals surface area contributed by atoms with Gasteiger partial charge in [0.05, 0.1) is 28.8 Å². The molecule has 0 bridgehead atoms. The van der Waals surface area contributed by atoms with Gasteiger partial charge in [0, 0.05) is 16.3 Å². The number of halogens is 1. The molecule has 0 saturated carbocycles. The zero-order chi connectivity index (χ0) is 26.5. The highest BCUT2D eigenvalue weighted by molar-refractivity contribution is 6.51. The molecule has 1 N–H and O–H groups in total. The highest BCUT2D eigenvalue weighted by Crippen LogP contribution is 2.48. The molecule has 2 aliphatic rings. The fourth-order valence-electron chi connectivity index (χ4n) is 5.30. The van der Waals surface area contributed by atoms with Gasteiger partial charge in [0.15, 0.2) is 17.5 Å². The smallest absolute Gasteiger partial charge is 0.179 e. The molecule has 0 aliphatic carbocycles. The number of rotatable bonds is 3. The molecule has 0 saturated heterocycles. The van der Waals surface area contributed by atoms with Crippen LogP contribution in [-0.2, 0) is 0 Å². The van der Waals surface area contributed by atoms with Gasteiger partial charge in [0.25, 0.3) is 0 Å². The van der Waals surface area contributed by atoms with Gasteiger partial charge in [-0.2, -0.15) is 5.10 Å². The predicted molar refractivity (Wildman–Crippen MR) is 160 cm³/mol. The van der Waals surface area contributed by atoms with Crippen molar-refractivity contribution in [1.29, 1.82) is 0 Å². The highest BCUT2D eigenvalue weighted by atomic mass is 35.5. The number of nitrogens with one attached hydrogen (secondary N) is 1. The van der Waals surface area contributed by atoms with Crippen molar-refractivity contribution >= 4 is 46.2 Å². The number of anilines is 2. The first-order chi connectivity index (χ1) is 19.1. The van der Waals surface area contributed by atoms with Gasteiger partial charge in [-0.1, -0.05) is 78.3 Å². The van der Waals surface area contributed by atoms with Crippen molar-refractivity contribution in [2.75, 3.05) is 10.2 Å². The highest BCUT2D eigenvalue weighted by Gasteiger charge is 2.41. The second-order valence-corrected chi connectivity index (χ2v) is 10.1. The van der Waals surface area contributed by atoms with Crippen LogP contribution in [0.3, 0.4) is 0 Å². The van der Waals surface area contributed by atoms with E-state index in [1.54, 1.807) is 0 Å². The summed E-state index contributed by atoms with van der Waals surface area (Å²) in [5.41, 5.74) is 7.85. The standard InChI is InChI=1S/C32H25ClN6/c1-20-17-18-23(19-25(20)33)34-30-32-36-31-28(21(2)37-39(31)24-13-7-4-8-14-24)29(22-11-5-3-6-12-22)38(32)27-16-10-9-15-26(27)35-30/h3-19,29H,1-2H3,(H,34,35). The summed E-state index contributed by atoms with van der Waals surface area (Å²) in [5.74, 6) is 2.18. The summed E-state index contributed by atoms with van der Waals surface area (Å²) in [5, 5.41) is 9.20. The van der Waals surface area contributed by atoms with E-state index in [1.807, 2.05) is 72.3 Å². The van der Waals surface area contributed by atoms with E-state index < -0.39 is 0 Å². The Hall–Kier alpha value is -4.68. The van der Waals surface area contributed by atoms with E-state index in [2.05, 4.69) is 59.6 Å². The Labute approximate surface area is 231 Å². The zero-order valence-corrected chi connectivity index (χ0v) is 22.3. The lowest BCUT2D eigenvalue weighted by atomic mass is 9.93. The van der Waals surface area contributed by atoms with E-state index in [-0.39, 0.29) is 6.04 Å². The third-order valence-corrected chi connectivity index (χ3v) is 7.60. The van der Waals surface area contributed by atoms with Crippen LogP contribution < -0.4 is 10.2 Å². The van der Waals surface area contributed by atoms with Crippen molar-refractivity contribution in [2.45, 2.75) is 19.9 Å². The van der Waals surface area contributed by atoms with Crippen LogP contribution in [0.25, 0.3) is 5.69 Å². The Morgan fingerprint density at radius 1 is 0.795 bits per heavy atom. The fraction of sp³-hybridized carbons (Fsp3) is 0.0938. The number of benzene rings is 4. The maximum absolute atomic E-state index is 6.48. The number of hydrogen-bond donors (Lipinski definition) is 1. The Balaban J connectivity index is 1.49. The van der Waals surface area contributed by atoms with Gasteiger partial charge in [0.2, 0.25) is 0 Å². The van der Waals surface area contributed by atoms with Gasteiger partial charge in [0.1, 0.15) is 0 Å². The lowest BCUT2D eigenvalue weighted by Gasteiger charge is -2.40. The molecule has 6 nitrogen and oxygen atoms in total. The van der Waals surface area contributed by atoms with Gasteiger partial charge >= 0.3 is 0 Å². The number of amidine groups is 2. The Bertz CT molecular complexity index is 1770. The molecule has 1 atom stereocenters. The SMILES string of the molecule is Cc1ccc(NC2=Nc3ccccc3N3C2=Nc2c(c(C)nn2-c2ccccc2)C3c2ccccc2)cc1Cl. The summed E-state index contributed by atoms with van der Waals surface area (Å²) in [6, 6.07) is 34.6. The van der Waals surface area contributed by atoms with Gasteiger partial charge in [-0.25, -0.2) is 14.7 Å². The predicted octanol–water partition coefficient (Wildman–Crippen LogP) is 7.94. The molecule has 39 heavy (non-hydrogen) atoms. The normalized spacial score (nSPS) is 15.6. The molecular weight excluding hydrogens is 504 g/mol. The number of hydrogen-bond acceptors (Lipinski definition) is 5. The van der Waals surface area contributed by atoms with Crippen LogP contribution in [0.15, 0.2) is 113 Å². The average Bonchev–Trinajstić information content (AvgIpc) is 3.31. The summed E-state index contributed by atoms with van der Waals surface area (Å²) in [6.45, 7) is 4.05. The summed E-state index contributed by atoms with van der Waals surface area (Å²) in [7, 11) is 0. The molecule has 0 amide bonds. The first kappa shape index (κ1) is 23.4. The van der Waals surface area contributed by atoms with Crippen molar-refractivity contribution < 1.29 is 0 Å². The summed E-state index contributed by atoms with van der Waals surface area (Å²) in [6.07, 6.45) is 0. The largest absolute Gasteiger partial charge is 0.337 e. The molecule has 5 aromatic rings. The minimum atomic E-state index is -0.152. The first-order valence-corrected chi connectivity index (χ1v) is 13.3. The number of aliphatic imine (C=N–C) groups is 2. The van der Waals surface area contributed by atoms with Crippen LogP contribution in [-0.4, -0.2) is 21.5 Å². The van der Waals surface area contributed by atoms with E-state index in [0.29, 0.717) is 10.9 Å². The van der Waals surface area contributed by atoms with Crippen LogP contribution >= 0.6 is 11.6 Å². The average molecular weight is 529 g/mol. The number of nitrogens with zero attached hydrogens (tertiary/aromatic N) is 5. The van der Waals surface area contributed by atoms with Crippen LogP contribution in [0.2, 0.25) is 5.02 Å². The lowest BCUT2D eigenvalue weighted by molar-refractivity contribution is 0.815. The summed E-state index contributed by atoms with van der Waals surface area (Å²) >= 11 is 6.48. The second kappa shape index (κ2) is 9.26.